The van der Waals surface area contributed by atoms with Gasteiger partial charge in [-0.2, -0.15) is 11.8 Å². The molecule has 0 aromatic carbocycles. The van der Waals surface area contributed by atoms with Crippen molar-refractivity contribution >= 4 is 17.6 Å². The smallest absolute Gasteiger partial charge is 0.156 e. The monoisotopic (exact) mass is 217 g/mol. The minimum absolute atomic E-state index is 0.0191. The molecule has 0 saturated carbocycles. The number of nitrogens with zero attached hydrogens (tertiary/aromatic N) is 1. The molecule has 0 aromatic heterocycles. The molecule has 0 radical (unpaired) electrons. The van der Waals surface area contributed by atoms with Gasteiger partial charge in [0.2, 0.25) is 0 Å². The maximum atomic E-state index is 8.55. The molecule has 1 fully saturated rings. The lowest BCUT2D eigenvalue weighted by molar-refractivity contribution is 0.313. The van der Waals surface area contributed by atoms with Crippen LogP contribution >= 0.6 is 11.8 Å². The van der Waals surface area contributed by atoms with Gasteiger partial charge in [0.25, 0.3) is 0 Å². The summed E-state index contributed by atoms with van der Waals surface area (Å²) in [5, 5.41) is 14.9. The maximum Gasteiger partial charge on any atom is 0.156 e. The second kappa shape index (κ2) is 6.14. The Morgan fingerprint density at radius 1 is 1.79 bits per heavy atom. The molecule has 1 heterocycles. The highest BCUT2D eigenvalue weighted by Gasteiger charge is 2.18. The Kier molecular flexibility index (Phi) is 5.11. The van der Waals surface area contributed by atoms with Crippen LogP contribution in [0.15, 0.2) is 5.16 Å². The maximum absolute atomic E-state index is 8.55. The van der Waals surface area contributed by atoms with Crippen LogP contribution in [0.4, 0.5) is 0 Å². The van der Waals surface area contributed by atoms with Crippen LogP contribution in [0.3, 0.4) is 0 Å². The van der Waals surface area contributed by atoms with Gasteiger partial charge in [-0.1, -0.05) is 12.1 Å². The van der Waals surface area contributed by atoms with E-state index >= 15 is 0 Å². The van der Waals surface area contributed by atoms with Crippen molar-refractivity contribution in [1.82, 2.24) is 5.32 Å². The summed E-state index contributed by atoms with van der Waals surface area (Å²) >= 11 is 2.00. The Morgan fingerprint density at radius 3 is 3.07 bits per heavy atom. The zero-order valence-electron chi connectivity index (χ0n) is 8.57. The van der Waals surface area contributed by atoms with Crippen LogP contribution in [0.2, 0.25) is 0 Å². The molecule has 5 heteroatoms. The molecule has 4 nitrogen and oxygen atoms in total. The van der Waals surface area contributed by atoms with Crippen LogP contribution < -0.4 is 11.1 Å². The summed E-state index contributed by atoms with van der Waals surface area (Å²) < 4.78 is 0. The summed E-state index contributed by atoms with van der Waals surface area (Å²) in [6.07, 6.45) is 2.14. The summed E-state index contributed by atoms with van der Waals surface area (Å²) in [4.78, 5) is 0. The van der Waals surface area contributed by atoms with Gasteiger partial charge in [-0.25, -0.2) is 0 Å². The lowest BCUT2D eigenvalue weighted by atomic mass is 10.1. The quantitative estimate of drug-likeness (QED) is 0.276. The third-order valence-electron chi connectivity index (χ3n) is 2.56. The highest BCUT2D eigenvalue weighted by molar-refractivity contribution is 7.99. The van der Waals surface area contributed by atoms with Crippen LogP contribution in [0.5, 0.6) is 0 Å². The fourth-order valence-electron chi connectivity index (χ4n) is 1.58. The van der Waals surface area contributed by atoms with Crippen molar-refractivity contribution in [3.8, 4) is 0 Å². The zero-order valence-corrected chi connectivity index (χ0v) is 9.39. The summed E-state index contributed by atoms with van der Waals surface area (Å²) in [6.45, 7) is 3.00. The van der Waals surface area contributed by atoms with Gasteiger partial charge in [0.15, 0.2) is 5.84 Å². The highest BCUT2D eigenvalue weighted by Crippen LogP contribution is 2.22. The van der Waals surface area contributed by atoms with Gasteiger partial charge in [0.1, 0.15) is 0 Å². The van der Waals surface area contributed by atoms with E-state index in [1.54, 1.807) is 0 Å². The average molecular weight is 217 g/mol. The minimum Gasteiger partial charge on any atom is -0.409 e. The molecule has 1 aliphatic rings. The SMILES string of the molecule is CCC(NCC1CCSC1)C(N)=NO. The van der Waals surface area contributed by atoms with E-state index in [4.69, 9.17) is 10.9 Å². The summed E-state index contributed by atoms with van der Waals surface area (Å²) in [5.74, 6) is 3.55. The number of rotatable bonds is 5. The van der Waals surface area contributed by atoms with Crippen molar-refractivity contribution in [2.24, 2.45) is 16.8 Å². The molecule has 0 bridgehead atoms. The van der Waals surface area contributed by atoms with Crippen molar-refractivity contribution in [3.05, 3.63) is 0 Å². The van der Waals surface area contributed by atoms with Crippen LogP contribution in [-0.4, -0.2) is 35.1 Å². The van der Waals surface area contributed by atoms with E-state index < -0.39 is 0 Å². The second-order valence-corrected chi connectivity index (χ2v) is 4.77. The van der Waals surface area contributed by atoms with Crippen molar-refractivity contribution in [2.75, 3.05) is 18.1 Å². The van der Waals surface area contributed by atoms with E-state index in [-0.39, 0.29) is 11.9 Å². The van der Waals surface area contributed by atoms with Crippen LogP contribution in [0, 0.1) is 5.92 Å². The summed E-state index contributed by atoms with van der Waals surface area (Å²) in [5.41, 5.74) is 5.54. The van der Waals surface area contributed by atoms with E-state index in [2.05, 4.69) is 10.5 Å². The molecule has 0 spiro atoms. The summed E-state index contributed by atoms with van der Waals surface area (Å²) in [6, 6.07) is 0.0191. The topological polar surface area (TPSA) is 70.6 Å². The normalized spacial score (nSPS) is 25.2. The number of nitrogens with two attached hydrogens (primary N) is 1. The molecule has 0 aromatic rings. The molecule has 1 rings (SSSR count). The summed E-state index contributed by atoms with van der Waals surface area (Å²) in [7, 11) is 0. The Bertz CT molecular complexity index is 192. The van der Waals surface area contributed by atoms with E-state index in [1.807, 2.05) is 18.7 Å². The van der Waals surface area contributed by atoms with Crippen molar-refractivity contribution in [2.45, 2.75) is 25.8 Å². The van der Waals surface area contributed by atoms with Crippen molar-refractivity contribution in [3.63, 3.8) is 0 Å². The fraction of sp³-hybridized carbons (Fsp3) is 0.889. The Morgan fingerprint density at radius 2 is 2.57 bits per heavy atom. The van der Waals surface area contributed by atoms with E-state index in [0.717, 1.165) is 18.9 Å². The van der Waals surface area contributed by atoms with Gasteiger partial charge in [0, 0.05) is 0 Å². The first-order valence-electron chi connectivity index (χ1n) is 5.06. The number of amidine groups is 1. The van der Waals surface area contributed by atoms with Crippen LogP contribution in [-0.2, 0) is 0 Å². The molecular weight excluding hydrogens is 198 g/mol. The fourth-order valence-corrected chi connectivity index (χ4v) is 2.87. The number of nitrogens with one attached hydrogen (secondary N) is 1. The largest absolute Gasteiger partial charge is 0.409 e. The first-order valence-corrected chi connectivity index (χ1v) is 6.22. The average Bonchev–Trinajstić information content (AvgIpc) is 2.71. The first kappa shape index (κ1) is 11.7. The first-order chi connectivity index (χ1) is 6.77. The van der Waals surface area contributed by atoms with Crippen molar-refractivity contribution in [1.29, 1.82) is 0 Å². The van der Waals surface area contributed by atoms with Gasteiger partial charge >= 0.3 is 0 Å². The molecule has 82 valence electrons. The zero-order chi connectivity index (χ0) is 10.4. The highest BCUT2D eigenvalue weighted by atomic mass is 32.2. The van der Waals surface area contributed by atoms with E-state index in [0.29, 0.717) is 0 Å². The number of thioether (sulfide) groups is 1. The Hall–Kier alpha value is -0.420. The van der Waals surface area contributed by atoms with Gasteiger partial charge in [-0.3, -0.25) is 0 Å². The molecule has 2 unspecified atom stereocenters. The third kappa shape index (κ3) is 3.38. The standard InChI is InChI=1S/C9H19N3OS/c1-2-8(9(10)12-13)11-5-7-3-4-14-6-7/h7-8,11,13H,2-6H2,1H3,(H2,10,12). The van der Waals surface area contributed by atoms with Gasteiger partial charge in [0.05, 0.1) is 6.04 Å². The van der Waals surface area contributed by atoms with Crippen LogP contribution in [0.25, 0.3) is 0 Å². The number of hydrogen-bond donors (Lipinski definition) is 3. The van der Waals surface area contributed by atoms with E-state index in [1.165, 1.54) is 17.9 Å². The molecule has 2 atom stereocenters. The molecule has 0 aliphatic carbocycles. The lowest BCUT2D eigenvalue weighted by Crippen LogP contribution is -2.43. The molecule has 4 N–H and O–H groups in total. The molecular formula is C9H19N3OS. The molecule has 0 amide bonds. The van der Waals surface area contributed by atoms with Gasteiger partial charge < -0.3 is 16.3 Å². The number of oxime groups is 1. The minimum atomic E-state index is 0.0191. The second-order valence-electron chi connectivity index (χ2n) is 3.62. The van der Waals surface area contributed by atoms with Gasteiger partial charge in [-0.15, -0.1) is 0 Å². The third-order valence-corrected chi connectivity index (χ3v) is 3.79. The van der Waals surface area contributed by atoms with Gasteiger partial charge in [-0.05, 0) is 36.8 Å². The Labute approximate surface area is 89.3 Å². The molecule has 1 saturated heterocycles. The van der Waals surface area contributed by atoms with Crippen LogP contribution in [0.1, 0.15) is 19.8 Å². The molecule has 14 heavy (non-hydrogen) atoms. The number of hydrogen-bond acceptors (Lipinski definition) is 4. The Balaban J connectivity index is 2.26. The lowest BCUT2D eigenvalue weighted by Gasteiger charge is -2.17. The predicted molar refractivity (Wildman–Crippen MR) is 60.9 cm³/mol. The van der Waals surface area contributed by atoms with Crippen molar-refractivity contribution < 1.29 is 5.21 Å². The van der Waals surface area contributed by atoms with E-state index in [9.17, 15) is 0 Å². The molecule has 1 aliphatic heterocycles. The predicted octanol–water partition coefficient (Wildman–Crippen LogP) is 0.854.